The van der Waals surface area contributed by atoms with E-state index in [1.165, 1.54) is 22.5 Å². The zero-order chi connectivity index (χ0) is 18.6. The van der Waals surface area contributed by atoms with Gasteiger partial charge in [-0.3, -0.25) is 5.43 Å². The summed E-state index contributed by atoms with van der Waals surface area (Å²) >= 11 is 1.21. The number of aromatic hydroxyl groups is 1. The molecular weight excluding hydrogens is 358 g/mol. The third-order valence-corrected chi connectivity index (χ3v) is 5.19. The second-order valence-electron chi connectivity index (χ2n) is 6.36. The molecule has 0 unspecified atom stereocenters. The van der Waals surface area contributed by atoms with Crippen LogP contribution >= 0.6 is 11.3 Å². The average Bonchev–Trinajstić information content (AvgIpc) is 3.05. The van der Waals surface area contributed by atoms with E-state index in [0.717, 1.165) is 36.2 Å². The molecule has 0 bridgehead atoms. The van der Waals surface area contributed by atoms with Gasteiger partial charge in [0.15, 0.2) is 0 Å². The Hall–Kier alpha value is -3.06. The predicted molar refractivity (Wildman–Crippen MR) is 109 cm³/mol. The summed E-state index contributed by atoms with van der Waals surface area (Å²) in [6.45, 7) is 2.01. The number of benzene rings is 2. The van der Waals surface area contributed by atoms with Gasteiger partial charge in [0.2, 0.25) is 10.1 Å². The van der Waals surface area contributed by atoms with Crippen LogP contribution in [0, 0.1) is 6.92 Å². The van der Waals surface area contributed by atoms with E-state index < -0.39 is 0 Å². The van der Waals surface area contributed by atoms with Gasteiger partial charge in [0.1, 0.15) is 0 Å². The summed E-state index contributed by atoms with van der Waals surface area (Å²) in [6, 6.07) is 16.0. The van der Waals surface area contributed by atoms with E-state index in [4.69, 9.17) is 0 Å². The highest BCUT2D eigenvalue weighted by Gasteiger charge is 2.15. The first-order valence-electron chi connectivity index (χ1n) is 8.78. The number of anilines is 1. The molecule has 0 saturated heterocycles. The monoisotopic (exact) mass is 377 g/mol. The van der Waals surface area contributed by atoms with Gasteiger partial charge in [-0.15, -0.1) is 10.2 Å². The minimum atomic E-state index is -0.150. The van der Waals surface area contributed by atoms with Gasteiger partial charge in [-0.05, 0) is 43.9 Å². The van der Waals surface area contributed by atoms with Crippen molar-refractivity contribution in [3.63, 3.8) is 0 Å². The summed E-state index contributed by atoms with van der Waals surface area (Å²) in [5.41, 5.74) is 8.34. The van der Waals surface area contributed by atoms with E-state index in [-0.39, 0.29) is 5.88 Å². The highest BCUT2D eigenvalue weighted by Crippen LogP contribution is 2.37. The number of hydrogen-bond donors (Lipinski definition) is 2. The fraction of sp³-hybridized carbons (Fsp3) is 0.200. The number of fused-ring (bicyclic) bond motifs is 1. The fourth-order valence-corrected chi connectivity index (χ4v) is 3.59. The van der Waals surface area contributed by atoms with Crippen LogP contribution in [0.2, 0.25) is 0 Å². The van der Waals surface area contributed by atoms with E-state index in [9.17, 15) is 5.11 Å². The highest BCUT2D eigenvalue weighted by molar-refractivity contribution is 7.19. The topological polar surface area (TPSA) is 82.2 Å². The maximum atomic E-state index is 10.0. The van der Waals surface area contributed by atoms with Crippen molar-refractivity contribution in [1.29, 1.82) is 0 Å². The maximum Gasteiger partial charge on any atom is 0.253 e. The molecule has 2 N–H and O–H groups in total. The van der Waals surface area contributed by atoms with Gasteiger partial charge >= 0.3 is 0 Å². The molecule has 0 spiro atoms. The maximum absolute atomic E-state index is 10.0. The Balaban J connectivity index is 1.50. The van der Waals surface area contributed by atoms with E-state index in [1.807, 2.05) is 37.3 Å². The van der Waals surface area contributed by atoms with Crippen LogP contribution in [-0.4, -0.2) is 15.8 Å². The fourth-order valence-electron chi connectivity index (χ4n) is 2.96. The zero-order valence-corrected chi connectivity index (χ0v) is 15.7. The standard InChI is InChI=1S/C20H19N5OS/c1-13-9-11-15(12-10-13)22-24-19-18(26)21-20(27-19)25-23-17-8-4-6-14-5-2-3-7-16(14)17/h2-3,5,7,9-12,26H,4,6,8H2,1H3,(H,21,25)/b23-17-,24-22?. The molecule has 0 aliphatic heterocycles. The van der Waals surface area contributed by atoms with Gasteiger partial charge in [0.05, 0.1) is 11.4 Å². The molecule has 136 valence electrons. The van der Waals surface area contributed by atoms with Crippen molar-refractivity contribution in [3.8, 4) is 5.88 Å². The molecule has 4 rings (SSSR count). The Kier molecular flexibility index (Phi) is 4.93. The third kappa shape index (κ3) is 4.03. The van der Waals surface area contributed by atoms with Gasteiger partial charge in [0, 0.05) is 5.56 Å². The predicted octanol–water partition coefficient (Wildman–Crippen LogP) is 5.73. The molecule has 1 aliphatic carbocycles. The summed E-state index contributed by atoms with van der Waals surface area (Å²) < 4.78 is 0. The lowest BCUT2D eigenvalue weighted by Gasteiger charge is -2.17. The number of aromatic nitrogens is 1. The first-order chi connectivity index (χ1) is 13.2. The summed E-state index contributed by atoms with van der Waals surface area (Å²) in [5.74, 6) is -0.150. The van der Waals surface area contributed by atoms with Gasteiger partial charge in [0.25, 0.3) is 5.88 Å². The van der Waals surface area contributed by atoms with Gasteiger partial charge in [-0.1, -0.05) is 53.3 Å². The molecule has 7 heteroatoms. The molecule has 1 aromatic heterocycles. The summed E-state index contributed by atoms with van der Waals surface area (Å²) in [4.78, 5) is 4.08. The first-order valence-corrected chi connectivity index (χ1v) is 9.60. The van der Waals surface area contributed by atoms with Crippen molar-refractivity contribution in [3.05, 3.63) is 65.2 Å². The van der Waals surface area contributed by atoms with Crippen molar-refractivity contribution in [2.24, 2.45) is 15.3 Å². The summed E-state index contributed by atoms with van der Waals surface area (Å²) in [6.07, 6.45) is 3.08. The van der Waals surface area contributed by atoms with Crippen molar-refractivity contribution in [2.75, 3.05) is 5.43 Å². The SMILES string of the molecule is Cc1ccc(N=Nc2sc(N/N=C3/CCCc4ccccc43)nc2O)cc1. The number of nitrogens with one attached hydrogen (secondary N) is 1. The molecule has 6 nitrogen and oxygen atoms in total. The Morgan fingerprint density at radius 1 is 1.04 bits per heavy atom. The number of nitrogens with zero attached hydrogens (tertiary/aromatic N) is 4. The molecule has 0 atom stereocenters. The molecule has 1 heterocycles. The highest BCUT2D eigenvalue weighted by atomic mass is 32.1. The Bertz CT molecular complexity index is 1010. The minimum absolute atomic E-state index is 0.150. The molecule has 3 aromatic rings. The normalized spacial score (nSPS) is 15.2. The van der Waals surface area contributed by atoms with Crippen molar-refractivity contribution in [1.82, 2.24) is 4.98 Å². The van der Waals surface area contributed by atoms with Crippen LogP contribution in [0.15, 0.2) is 63.9 Å². The molecule has 0 amide bonds. The second kappa shape index (κ2) is 7.67. The Morgan fingerprint density at radius 3 is 2.70 bits per heavy atom. The second-order valence-corrected chi connectivity index (χ2v) is 7.34. The summed E-state index contributed by atoms with van der Waals surface area (Å²) in [5, 5.41) is 23.6. The van der Waals surface area contributed by atoms with Gasteiger partial charge < -0.3 is 5.11 Å². The third-order valence-electron chi connectivity index (χ3n) is 4.36. The molecule has 27 heavy (non-hydrogen) atoms. The van der Waals surface area contributed by atoms with E-state index in [1.54, 1.807) is 0 Å². The van der Waals surface area contributed by atoms with Crippen LogP contribution in [0.5, 0.6) is 5.88 Å². The number of hydrogen-bond acceptors (Lipinski definition) is 7. The smallest absolute Gasteiger partial charge is 0.253 e. The lowest BCUT2D eigenvalue weighted by atomic mass is 9.90. The largest absolute Gasteiger partial charge is 0.491 e. The lowest BCUT2D eigenvalue weighted by molar-refractivity contribution is 0.459. The van der Waals surface area contributed by atoms with Gasteiger partial charge in [-0.2, -0.15) is 10.1 Å². The lowest BCUT2D eigenvalue weighted by Crippen LogP contribution is -2.13. The van der Waals surface area contributed by atoms with E-state index in [2.05, 4.69) is 43.9 Å². The Labute approximate surface area is 161 Å². The molecule has 2 aromatic carbocycles. The molecule has 0 radical (unpaired) electrons. The zero-order valence-electron chi connectivity index (χ0n) is 14.9. The van der Waals surface area contributed by atoms with Crippen molar-refractivity contribution in [2.45, 2.75) is 26.2 Å². The van der Waals surface area contributed by atoms with E-state index >= 15 is 0 Å². The Morgan fingerprint density at radius 2 is 1.85 bits per heavy atom. The van der Waals surface area contributed by atoms with Crippen molar-refractivity contribution >= 4 is 32.9 Å². The van der Waals surface area contributed by atoms with E-state index in [0.29, 0.717) is 10.1 Å². The molecular formula is C20H19N5OS. The number of azo groups is 1. The molecule has 0 fully saturated rings. The minimum Gasteiger partial charge on any atom is -0.491 e. The number of hydrazone groups is 1. The van der Waals surface area contributed by atoms with Crippen molar-refractivity contribution < 1.29 is 5.11 Å². The van der Waals surface area contributed by atoms with Crippen LogP contribution in [0.3, 0.4) is 0 Å². The van der Waals surface area contributed by atoms with Crippen LogP contribution in [-0.2, 0) is 6.42 Å². The first kappa shape index (κ1) is 17.4. The van der Waals surface area contributed by atoms with Crippen LogP contribution in [0.25, 0.3) is 0 Å². The number of thiazole rings is 1. The molecule has 0 saturated carbocycles. The number of rotatable bonds is 4. The van der Waals surface area contributed by atoms with Crippen LogP contribution in [0.4, 0.5) is 15.8 Å². The average molecular weight is 377 g/mol. The van der Waals surface area contributed by atoms with Crippen LogP contribution < -0.4 is 5.43 Å². The van der Waals surface area contributed by atoms with Crippen LogP contribution in [0.1, 0.15) is 29.5 Å². The summed E-state index contributed by atoms with van der Waals surface area (Å²) in [7, 11) is 0. The van der Waals surface area contributed by atoms with Gasteiger partial charge in [-0.25, -0.2) is 0 Å². The quantitative estimate of drug-likeness (QED) is 0.450. The number of aryl methyl sites for hydroxylation is 2. The molecule has 1 aliphatic rings.